The fourth-order valence-corrected chi connectivity index (χ4v) is 4.47. The number of aromatic nitrogens is 4. The summed E-state index contributed by atoms with van der Waals surface area (Å²) in [5.74, 6) is 0.535. The highest BCUT2D eigenvalue weighted by molar-refractivity contribution is 5.75. The Labute approximate surface area is 193 Å². The Morgan fingerprint density at radius 2 is 2.06 bits per heavy atom. The van der Waals surface area contributed by atoms with E-state index in [0.717, 1.165) is 30.8 Å². The van der Waals surface area contributed by atoms with E-state index in [1.165, 1.54) is 41.2 Å². The van der Waals surface area contributed by atoms with Crippen molar-refractivity contribution in [1.29, 1.82) is 0 Å². The van der Waals surface area contributed by atoms with Crippen LogP contribution in [0.2, 0.25) is 0 Å². The van der Waals surface area contributed by atoms with Gasteiger partial charge >= 0.3 is 0 Å². The van der Waals surface area contributed by atoms with E-state index in [1.54, 1.807) is 13.2 Å². The Balaban J connectivity index is 1.34. The van der Waals surface area contributed by atoms with Gasteiger partial charge in [0, 0.05) is 24.7 Å². The maximum absolute atomic E-state index is 12.8. The number of benzene rings is 1. The number of nitrogens with one attached hydrogen (secondary N) is 1. The second-order valence-corrected chi connectivity index (χ2v) is 8.48. The molecule has 0 radical (unpaired) electrons. The predicted octanol–water partition coefficient (Wildman–Crippen LogP) is 2.34. The van der Waals surface area contributed by atoms with E-state index >= 15 is 0 Å². The summed E-state index contributed by atoms with van der Waals surface area (Å²) in [7, 11) is 1.61. The van der Waals surface area contributed by atoms with Gasteiger partial charge in [-0.15, -0.1) is 0 Å². The third-order valence-corrected chi connectivity index (χ3v) is 6.33. The van der Waals surface area contributed by atoms with Crippen molar-refractivity contribution in [2.24, 2.45) is 0 Å². The van der Waals surface area contributed by atoms with Crippen LogP contribution in [-0.2, 0) is 11.3 Å². The molecule has 9 heteroatoms. The monoisotopic (exact) mass is 452 g/mol. The minimum Gasteiger partial charge on any atom is -0.497 e. The Bertz CT molecular complexity index is 1140. The Morgan fingerprint density at radius 3 is 2.82 bits per heavy atom. The van der Waals surface area contributed by atoms with Gasteiger partial charge in [0.25, 0.3) is 5.56 Å². The molecule has 9 nitrogen and oxygen atoms in total. The zero-order valence-electron chi connectivity index (χ0n) is 19.4. The number of carbonyl (C=O) groups is 1. The molecule has 1 atom stereocenters. The van der Waals surface area contributed by atoms with Crippen LogP contribution in [0.15, 0.2) is 41.5 Å². The predicted molar refractivity (Wildman–Crippen MR) is 126 cm³/mol. The van der Waals surface area contributed by atoms with Crippen molar-refractivity contribution in [1.82, 2.24) is 29.6 Å². The number of piperidine rings is 1. The SMILES string of the molecule is CC[C@@H]1CCCCN1CCCNC(=O)Cn1ncn2nc(-c3ccc(OC)cc3)cc2c1=O. The van der Waals surface area contributed by atoms with Gasteiger partial charge in [-0.25, -0.2) is 9.20 Å². The van der Waals surface area contributed by atoms with Crippen LogP contribution < -0.4 is 15.6 Å². The molecular weight excluding hydrogens is 420 g/mol. The standard InChI is InChI=1S/C24H32N6O3/c1-3-19-7-4-5-13-28(19)14-6-12-25-23(31)16-29-24(32)22-15-21(27-30(22)17-26-29)18-8-10-20(33-2)11-9-18/h8-11,15,17,19H,3-7,12-14,16H2,1-2H3,(H,25,31)/t19-/m1/s1. The van der Waals surface area contributed by atoms with Gasteiger partial charge in [-0.2, -0.15) is 10.2 Å². The van der Waals surface area contributed by atoms with Gasteiger partial charge in [0.1, 0.15) is 24.1 Å². The third-order valence-electron chi connectivity index (χ3n) is 6.33. The Morgan fingerprint density at radius 1 is 1.24 bits per heavy atom. The molecule has 0 saturated carbocycles. The maximum Gasteiger partial charge on any atom is 0.293 e. The number of hydrogen-bond donors (Lipinski definition) is 1. The van der Waals surface area contributed by atoms with Crippen LogP contribution in [0.25, 0.3) is 16.8 Å². The van der Waals surface area contributed by atoms with Crippen molar-refractivity contribution >= 4 is 11.4 Å². The Kier molecular flexibility index (Phi) is 7.39. The normalized spacial score (nSPS) is 16.7. The smallest absolute Gasteiger partial charge is 0.293 e. The topological polar surface area (TPSA) is 93.8 Å². The van der Waals surface area contributed by atoms with Gasteiger partial charge in [0.2, 0.25) is 5.91 Å². The van der Waals surface area contributed by atoms with Crippen LogP contribution in [0.3, 0.4) is 0 Å². The zero-order valence-corrected chi connectivity index (χ0v) is 19.4. The first-order valence-electron chi connectivity index (χ1n) is 11.7. The van der Waals surface area contributed by atoms with Gasteiger partial charge < -0.3 is 15.0 Å². The fourth-order valence-electron chi connectivity index (χ4n) is 4.47. The average molecular weight is 453 g/mol. The van der Waals surface area contributed by atoms with Crippen molar-refractivity contribution in [3.63, 3.8) is 0 Å². The number of likely N-dealkylation sites (tertiary alicyclic amines) is 1. The summed E-state index contributed by atoms with van der Waals surface area (Å²) in [6, 6.07) is 9.83. The van der Waals surface area contributed by atoms with Crippen LogP contribution in [0, 0.1) is 0 Å². The van der Waals surface area contributed by atoms with Gasteiger partial charge in [0.05, 0.1) is 12.8 Å². The van der Waals surface area contributed by atoms with Crippen LogP contribution >= 0.6 is 0 Å². The quantitative estimate of drug-likeness (QED) is 0.501. The van der Waals surface area contributed by atoms with E-state index in [2.05, 4.69) is 27.3 Å². The van der Waals surface area contributed by atoms with Gasteiger partial charge in [-0.1, -0.05) is 13.3 Å². The van der Waals surface area contributed by atoms with Crippen LogP contribution in [-0.4, -0.2) is 63.0 Å². The number of carbonyl (C=O) groups excluding carboxylic acids is 1. The summed E-state index contributed by atoms with van der Waals surface area (Å²) in [4.78, 5) is 27.8. The molecule has 1 aliphatic heterocycles. The lowest BCUT2D eigenvalue weighted by Crippen LogP contribution is -2.41. The van der Waals surface area contributed by atoms with E-state index in [-0.39, 0.29) is 18.0 Å². The molecule has 3 aromatic rings. The first-order valence-corrected chi connectivity index (χ1v) is 11.7. The molecule has 176 valence electrons. The van der Waals surface area contributed by atoms with Crippen molar-refractivity contribution in [2.75, 3.05) is 26.7 Å². The molecule has 0 aliphatic carbocycles. The number of nitrogens with zero attached hydrogens (tertiary/aromatic N) is 5. The highest BCUT2D eigenvalue weighted by atomic mass is 16.5. The maximum atomic E-state index is 12.8. The molecule has 1 aromatic carbocycles. The second kappa shape index (κ2) is 10.6. The molecule has 0 bridgehead atoms. The summed E-state index contributed by atoms with van der Waals surface area (Å²) in [6.07, 6.45) is 7.38. The molecule has 1 N–H and O–H groups in total. The Hall–Kier alpha value is -3.20. The molecule has 1 saturated heterocycles. The first-order chi connectivity index (χ1) is 16.1. The molecule has 4 rings (SSSR count). The molecule has 33 heavy (non-hydrogen) atoms. The molecule has 1 amide bonds. The molecule has 1 aliphatic rings. The number of hydrogen-bond acceptors (Lipinski definition) is 6. The minimum atomic E-state index is -0.348. The third kappa shape index (κ3) is 5.42. The van der Waals surface area contributed by atoms with Gasteiger partial charge in [-0.3, -0.25) is 9.59 Å². The highest BCUT2D eigenvalue weighted by Gasteiger charge is 2.20. The minimum absolute atomic E-state index is 0.111. The first kappa shape index (κ1) is 23.0. The fraction of sp³-hybridized carbons (Fsp3) is 0.500. The largest absolute Gasteiger partial charge is 0.497 e. The summed E-state index contributed by atoms with van der Waals surface area (Å²) in [5, 5.41) is 11.5. The van der Waals surface area contributed by atoms with E-state index in [0.29, 0.717) is 23.8 Å². The lowest BCUT2D eigenvalue weighted by atomic mass is 10.00. The summed E-state index contributed by atoms with van der Waals surface area (Å²) in [5.41, 5.74) is 1.54. The van der Waals surface area contributed by atoms with Crippen molar-refractivity contribution in [2.45, 2.75) is 51.6 Å². The van der Waals surface area contributed by atoms with Crippen molar-refractivity contribution < 1.29 is 9.53 Å². The van der Waals surface area contributed by atoms with Crippen LogP contribution in [0.5, 0.6) is 5.75 Å². The van der Waals surface area contributed by atoms with Crippen LogP contribution in [0.1, 0.15) is 39.0 Å². The number of methoxy groups -OCH3 is 1. The number of ether oxygens (including phenoxy) is 1. The van der Waals surface area contributed by atoms with E-state index in [4.69, 9.17) is 4.74 Å². The van der Waals surface area contributed by atoms with Gasteiger partial charge in [-0.05, 0) is 62.6 Å². The second-order valence-electron chi connectivity index (χ2n) is 8.48. The summed E-state index contributed by atoms with van der Waals surface area (Å²) in [6.45, 7) is 4.87. The van der Waals surface area contributed by atoms with E-state index in [1.807, 2.05) is 24.3 Å². The van der Waals surface area contributed by atoms with Gasteiger partial charge in [0.15, 0.2) is 0 Å². The van der Waals surface area contributed by atoms with E-state index < -0.39 is 0 Å². The van der Waals surface area contributed by atoms with E-state index in [9.17, 15) is 9.59 Å². The molecular formula is C24H32N6O3. The van der Waals surface area contributed by atoms with Crippen molar-refractivity contribution in [3.05, 3.63) is 47.0 Å². The number of fused-ring (bicyclic) bond motifs is 1. The molecule has 1 fully saturated rings. The van der Waals surface area contributed by atoms with Crippen molar-refractivity contribution in [3.8, 4) is 17.0 Å². The zero-order chi connectivity index (χ0) is 23.2. The molecule has 0 spiro atoms. The number of rotatable bonds is 9. The molecule has 2 aromatic heterocycles. The lowest BCUT2D eigenvalue weighted by Gasteiger charge is -2.35. The highest BCUT2D eigenvalue weighted by Crippen LogP contribution is 2.21. The average Bonchev–Trinajstić information content (AvgIpc) is 3.29. The summed E-state index contributed by atoms with van der Waals surface area (Å²) >= 11 is 0. The number of amides is 1. The summed E-state index contributed by atoms with van der Waals surface area (Å²) < 4.78 is 7.81. The van der Waals surface area contributed by atoms with Crippen LogP contribution in [0.4, 0.5) is 0 Å². The molecule has 3 heterocycles. The lowest BCUT2D eigenvalue weighted by molar-refractivity contribution is -0.121. The molecule has 0 unspecified atom stereocenters.